The zero-order valence-electron chi connectivity index (χ0n) is 16.5. The molecule has 0 saturated carbocycles. The quantitative estimate of drug-likeness (QED) is 0.649. The van der Waals surface area contributed by atoms with Crippen molar-refractivity contribution in [1.82, 2.24) is 15.2 Å². The molecule has 2 aromatic rings. The number of benzene rings is 1. The van der Waals surface area contributed by atoms with E-state index in [0.29, 0.717) is 42.1 Å². The number of aromatic nitrogens is 1. The minimum Gasteiger partial charge on any atom is -0.383 e. The number of thiazole rings is 1. The summed E-state index contributed by atoms with van der Waals surface area (Å²) in [6, 6.07) is 5.59. The molecule has 156 valence electrons. The van der Waals surface area contributed by atoms with Crippen molar-refractivity contribution in [3.8, 4) is 0 Å². The third-order valence-electron chi connectivity index (χ3n) is 4.85. The van der Waals surface area contributed by atoms with Gasteiger partial charge in [0.2, 0.25) is 5.91 Å². The van der Waals surface area contributed by atoms with Crippen molar-refractivity contribution in [2.24, 2.45) is 5.92 Å². The summed E-state index contributed by atoms with van der Waals surface area (Å²) >= 11 is 7.43. The van der Waals surface area contributed by atoms with Crippen LogP contribution in [-0.2, 0) is 9.53 Å². The fourth-order valence-corrected chi connectivity index (χ4v) is 4.10. The zero-order chi connectivity index (χ0) is 20.8. The summed E-state index contributed by atoms with van der Waals surface area (Å²) < 4.78 is 4.96. The molecule has 7 nitrogen and oxygen atoms in total. The Hall–Kier alpha value is -2.16. The lowest BCUT2D eigenvalue weighted by molar-refractivity contribution is -0.126. The average molecular weight is 437 g/mol. The summed E-state index contributed by atoms with van der Waals surface area (Å²) in [6.07, 6.45) is 1.57. The molecule has 1 fully saturated rings. The molecule has 1 aromatic carbocycles. The maximum Gasteiger partial charge on any atom is 0.273 e. The van der Waals surface area contributed by atoms with E-state index < -0.39 is 0 Å². The SMILES string of the molecule is COCCNC(=O)[C@H]1CCCN(C(=O)c2csc(Nc3cc(Cl)ccc3C)n2)C1. The molecule has 0 bridgehead atoms. The number of carbonyl (C=O) groups excluding carboxylic acids is 2. The van der Waals surface area contributed by atoms with E-state index in [2.05, 4.69) is 15.6 Å². The van der Waals surface area contributed by atoms with Crippen molar-refractivity contribution in [2.45, 2.75) is 19.8 Å². The number of halogens is 1. The smallest absolute Gasteiger partial charge is 0.273 e. The molecule has 1 atom stereocenters. The molecule has 0 radical (unpaired) electrons. The van der Waals surface area contributed by atoms with Crippen LogP contribution >= 0.6 is 22.9 Å². The molecule has 2 heterocycles. The number of anilines is 2. The molecule has 0 unspecified atom stereocenters. The van der Waals surface area contributed by atoms with Gasteiger partial charge in [-0.25, -0.2) is 4.98 Å². The highest BCUT2D eigenvalue weighted by molar-refractivity contribution is 7.14. The van der Waals surface area contributed by atoms with Crippen LogP contribution in [0.5, 0.6) is 0 Å². The Bertz CT molecular complexity index is 873. The van der Waals surface area contributed by atoms with Gasteiger partial charge < -0.3 is 20.3 Å². The predicted octanol–water partition coefficient (Wildman–Crippen LogP) is 3.46. The van der Waals surface area contributed by atoms with Crippen molar-refractivity contribution in [2.75, 3.05) is 38.7 Å². The Balaban J connectivity index is 1.61. The van der Waals surface area contributed by atoms with Crippen LogP contribution in [-0.4, -0.2) is 55.0 Å². The van der Waals surface area contributed by atoms with E-state index in [9.17, 15) is 9.59 Å². The van der Waals surface area contributed by atoms with Crippen LogP contribution in [0.2, 0.25) is 5.02 Å². The van der Waals surface area contributed by atoms with Crippen molar-refractivity contribution >= 4 is 45.6 Å². The van der Waals surface area contributed by atoms with Crippen LogP contribution in [0.1, 0.15) is 28.9 Å². The number of hydrogen-bond donors (Lipinski definition) is 2. The van der Waals surface area contributed by atoms with Gasteiger partial charge in [-0.2, -0.15) is 0 Å². The first-order valence-corrected chi connectivity index (χ1v) is 10.8. The number of methoxy groups -OCH3 is 1. The summed E-state index contributed by atoms with van der Waals surface area (Å²) in [5, 5.41) is 9.09. The topological polar surface area (TPSA) is 83.6 Å². The van der Waals surface area contributed by atoms with Gasteiger partial charge in [0.1, 0.15) is 5.69 Å². The molecule has 0 spiro atoms. The highest BCUT2D eigenvalue weighted by Gasteiger charge is 2.29. The second-order valence-electron chi connectivity index (χ2n) is 7.00. The molecule has 3 rings (SSSR count). The Morgan fingerprint density at radius 2 is 2.24 bits per heavy atom. The van der Waals surface area contributed by atoms with Crippen LogP contribution in [0.4, 0.5) is 10.8 Å². The Morgan fingerprint density at radius 1 is 1.41 bits per heavy atom. The van der Waals surface area contributed by atoms with Crippen molar-refractivity contribution in [1.29, 1.82) is 0 Å². The van der Waals surface area contributed by atoms with Gasteiger partial charge in [-0.3, -0.25) is 9.59 Å². The van der Waals surface area contributed by atoms with Gasteiger partial charge in [0.15, 0.2) is 5.13 Å². The maximum atomic E-state index is 12.9. The van der Waals surface area contributed by atoms with Gasteiger partial charge in [-0.15, -0.1) is 11.3 Å². The van der Waals surface area contributed by atoms with E-state index in [1.807, 2.05) is 25.1 Å². The minimum atomic E-state index is -0.199. The highest BCUT2D eigenvalue weighted by atomic mass is 35.5. The maximum absolute atomic E-state index is 12.9. The lowest BCUT2D eigenvalue weighted by Crippen LogP contribution is -2.46. The lowest BCUT2D eigenvalue weighted by atomic mass is 9.97. The first-order chi connectivity index (χ1) is 14.0. The first kappa shape index (κ1) is 21.5. The summed E-state index contributed by atoms with van der Waals surface area (Å²) in [5.74, 6) is -0.377. The van der Waals surface area contributed by atoms with Gasteiger partial charge in [-0.1, -0.05) is 17.7 Å². The second kappa shape index (κ2) is 10.0. The van der Waals surface area contributed by atoms with Crippen LogP contribution in [0.3, 0.4) is 0 Å². The monoisotopic (exact) mass is 436 g/mol. The summed E-state index contributed by atoms with van der Waals surface area (Å²) in [6.45, 7) is 3.97. The number of piperidine rings is 1. The van der Waals surface area contributed by atoms with Crippen molar-refractivity contribution < 1.29 is 14.3 Å². The normalized spacial score (nSPS) is 16.5. The number of ether oxygens (including phenoxy) is 1. The molecule has 1 aliphatic heterocycles. The fourth-order valence-electron chi connectivity index (χ4n) is 3.23. The first-order valence-electron chi connectivity index (χ1n) is 9.52. The van der Waals surface area contributed by atoms with Crippen LogP contribution in [0.15, 0.2) is 23.6 Å². The Morgan fingerprint density at radius 3 is 3.03 bits per heavy atom. The van der Waals surface area contributed by atoms with E-state index >= 15 is 0 Å². The molecule has 2 N–H and O–H groups in total. The third-order valence-corrected chi connectivity index (χ3v) is 5.84. The average Bonchev–Trinajstić information content (AvgIpc) is 3.19. The van der Waals surface area contributed by atoms with Gasteiger partial charge in [-0.05, 0) is 37.5 Å². The van der Waals surface area contributed by atoms with Crippen LogP contribution in [0, 0.1) is 12.8 Å². The molecule has 1 saturated heterocycles. The molecule has 1 aromatic heterocycles. The van der Waals surface area contributed by atoms with Crippen molar-refractivity contribution in [3.05, 3.63) is 39.9 Å². The second-order valence-corrected chi connectivity index (χ2v) is 8.29. The van der Waals surface area contributed by atoms with Gasteiger partial charge >= 0.3 is 0 Å². The van der Waals surface area contributed by atoms with Gasteiger partial charge in [0.05, 0.1) is 12.5 Å². The van der Waals surface area contributed by atoms with Crippen LogP contribution in [0.25, 0.3) is 0 Å². The number of nitrogens with zero attached hydrogens (tertiary/aromatic N) is 2. The summed E-state index contributed by atoms with van der Waals surface area (Å²) in [7, 11) is 1.60. The van der Waals surface area contributed by atoms with E-state index in [1.54, 1.807) is 17.4 Å². The van der Waals surface area contributed by atoms with Crippen LogP contribution < -0.4 is 10.6 Å². The number of carbonyl (C=O) groups is 2. The van der Waals surface area contributed by atoms with Crippen molar-refractivity contribution in [3.63, 3.8) is 0 Å². The fraction of sp³-hybridized carbons (Fsp3) is 0.450. The highest BCUT2D eigenvalue weighted by Crippen LogP contribution is 2.27. The number of nitrogens with one attached hydrogen (secondary N) is 2. The molecule has 2 amide bonds. The molecule has 0 aliphatic carbocycles. The standard InChI is InChI=1S/C20H25ClN4O3S/c1-13-5-6-15(21)10-16(13)23-20-24-17(12-29-20)19(27)25-8-3-4-14(11-25)18(26)22-7-9-28-2/h5-6,10,12,14H,3-4,7-9,11H2,1-2H3,(H,22,26)(H,23,24)/t14-/m0/s1. The predicted molar refractivity (Wildman–Crippen MR) is 115 cm³/mol. The largest absolute Gasteiger partial charge is 0.383 e. The third kappa shape index (κ3) is 5.68. The minimum absolute atomic E-state index is 0.0309. The summed E-state index contributed by atoms with van der Waals surface area (Å²) in [5.41, 5.74) is 2.28. The van der Waals surface area contributed by atoms with E-state index in [0.717, 1.165) is 24.1 Å². The van der Waals surface area contributed by atoms with E-state index in [-0.39, 0.29) is 17.7 Å². The molecular formula is C20H25ClN4O3S. The summed E-state index contributed by atoms with van der Waals surface area (Å²) in [4.78, 5) is 31.3. The number of aryl methyl sites for hydroxylation is 1. The number of rotatable bonds is 7. The van der Waals surface area contributed by atoms with Gasteiger partial charge in [0, 0.05) is 42.8 Å². The van der Waals surface area contributed by atoms with E-state index in [4.69, 9.17) is 16.3 Å². The zero-order valence-corrected chi connectivity index (χ0v) is 18.1. The molecule has 29 heavy (non-hydrogen) atoms. The number of hydrogen-bond acceptors (Lipinski definition) is 6. The Labute approximate surface area is 179 Å². The molecular weight excluding hydrogens is 412 g/mol. The van der Waals surface area contributed by atoms with Gasteiger partial charge in [0.25, 0.3) is 5.91 Å². The van der Waals surface area contributed by atoms with E-state index in [1.165, 1.54) is 11.3 Å². The Kier molecular flexibility index (Phi) is 7.46. The lowest BCUT2D eigenvalue weighted by Gasteiger charge is -2.31. The molecule has 1 aliphatic rings. The number of amides is 2. The number of likely N-dealkylation sites (tertiary alicyclic amines) is 1. The molecule has 9 heteroatoms.